The lowest BCUT2D eigenvalue weighted by molar-refractivity contribution is 0.156. The number of para-hydroxylation sites is 2. The second-order valence-electron chi connectivity index (χ2n) is 7.12. The predicted molar refractivity (Wildman–Crippen MR) is 117 cm³/mol. The van der Waals surface area contributed by atoms with E-state index in [0.717, 1.165) is 11.0 Å². The highest BCUT2D eigenvalue weighted by atomic mass is 35.5. The average Bonchev–Trinajstić information content (AvgIpc) is 2.97. The van der Waals surface area contributed by atoms with E-state index in [1.54, 1.807) is 18.2 Å². The van der Waals surface area contributed by atoms with Crippen molar-refractivity contribution >= 4 is 34.2 Å². The van der Waals surface area contributed by atoms with E-state index in [1.165, 1.54) is 11.1 Å². The zero-order valence-corrected chi connectivity index (χ0v) is 17.5. The molecular formula is C23H21Cl2N3O. The number of nitrogens with one attached hydrogen (secondary N) is 1. The van der Waals surface area contributed by atoms with Crippen molar-refractivity contribution in [2.45, 2.75) is 26.1 Å². The molecule has 0 amide bonds. The van der Waals surface area contributed by atoms with Gasteiger partial charge >= 0.3 is 0 Å². The van der Waals surface area contributed by atoms with Crippen molar-refractivity contribution < 1.29 is 5.11 Å². The van der Waals surface area contributed by atoms with Crippen LogP contribution in [0.25, 0.3) is 11.0 Å². The van der Waals surface area contributed by atoms with Crippen molar-refractivity contribution in [3.05, 3.63) is 99.1 Å². The van der Waals surface area contributed by atoms with E-state index in [4.69, 9.17) is 28.6 Å². The van der Waals surface area contributed by atoms with E-state index < -0.39 is 6.10 Å². The number of nitrogens with zero attached hydrogens (tertiary/aromatic N) is 2. The number of aliphatic hydroxyl groups excluding tert-OH is 1. The molecule has 0 unspecified atom stereocenters. The summed E-state index contributed by atoms with van der Waals surface area (Å²) in [5, 5.41) is 20.4. The third-order valence-corrected chi connectivity index (χ3v) is 5.99. The largest absolute Gasteiger partial charge is 0.387 e. The molecule has 0 aliphatic carbocycles. The number of aliphatic hydroxyl groups is 1. The van der Waals surface area contributed by atoms with Gasteiger partial charge in [0.05, 0.1) is 40.3 Å². The highest BCUT2D eigenvalue weighted by Gasteiger charge is 2.16. The van der Waals surface area contributed by atoms with Gasteiger partial charge in [-0.3, -0.25) is 5.41 Å². The summed E-state index contributed by atoms with van der Waals surface area (Å²) in [6.07, 6.45) is -0.809. The summed E-state index contributed by atoms with van der Waals surface area (Å²) in [6, 6.07) is 21.2. The zero-order valence-electron chi connectivity index (χ0n) is 15.9. The standard InChI is InChI=1S/C23H21Cl2N3O/c1-15-6-2-3-7-17(15)13-27-20-8-4-5-9-21(20)28(23(27)26)14-22(29)16-10-11-18(24)19(25)12-16/h2-12,22,26,29H,13-14H2,1H3/t22-/m0/s1. The second kappa shape index (κ2) is 8.07. The number of benzene rings is 3. The van der Waals surface area contributed by atoms with E-state index in [9.17, 15) is 5.11 Å². The van der Waals surface area contributed by atoms with Gasteiger partial charge in [-0.1, -0.05) is 65.7 Å². The monoisotopic (exact) mass is 425 g/mol. The number of halogens is 2. The second-order valence-corrected chi connectivity index (χ2v) is 7.94. The van der Waals surface area contributed by atoms with Crippen molar-refractivity contribution in [2.24, 2.45) is 0 Å². The molecule has 0 saturated carbocycles. The molecule has 1 aromatic heterocycles. The first-order valence-corrected chi connectivity index (χ1v) is 10.1. The maximum Gasteiger partial charge on any atom is 0.203 e. The molecule has 4 nitrogen and oxygen atoms in total. The van der Waals surface area contributed by atoms with Gasteiger partial charge in [0, 0.05) is 0 Å². The Morgan fingerprint density at radius 2 is 1.55 bits per heavy atom. The Morgan fingerprint density at radius 1 is 0.897 bits per heavy atom. The van der Waals surface area contributed by atoms with Gasteiger partial charge < -0.3 is 14.2 Å². The molecule has 0 aliphatic rings. The van der Waals surface area contributed by atoms with E-state index in [1.807, 2.05) is 45.5 Å². The van der Waals surface area contributed by atoms with Crippen LogP contribution in [0.1, 0.15) is 22.8 Å². The number of rotatable bonds is 5. The Balaban J connectivity index is 1.75. The van der Waals surface area contributed by atoms with E-state index >= 15 is 0 Å². The summed E-state index contributed by atoms with van der Waals surface area (Å²) in [5.74, 6) is 0. The molecule has 148 valence electrons. The number of hydrogen-bond donors (Lipinski definition) is 2. The highest BCUT2D eigenvalue weighted by Crippen LogP contribution is 2.27. The molecule has 0 fully saturated rings. The molecule has 0 bridgehead atoms. The summed E-state index contributed by atoms with van der Waals surface area (Å²) in [4.78, 5) is 0. The molecule has 1 heterocycles. The van der Waals surface area contributed by atoms with Gasteiger partial charge in [0.1, 0.15) is 0 Å². The van der Waals surface area contributed by atoms with Crippen molar-refractivity contribution in [3.8, 4) is 0 Å². The maximum absolute atomic E-state index is 10.8. The molecule has 0 saturated heterocycles. The summed E-state index contributed by atoms with van der Waals surface area (Å²) < 4.78 is 3.81. The lowest BCUT2D eigenvalue weighted by Gasteiger charge is -2.13. The minimum Gasteiger partial charge on any atom is -0.387 e. The fraction of sp³-hybridized carbons (Fsp3) is 0.174. The van der Waals surface area contributed by atoms with Crippen molar-refractivity contribution in [1.29, 1.82) is 5.41 Å². The lowest BCUT2D eigenvalue weighted by atomic mass is 10.1. The van der Waals surface area contributed by atoms with Crippen LogP contribution in [0.4, 0.5) is 0 Å². The molecule has 3 aromatic carbocycles. The molecule has 4 rings (SSSR count). The number of aromatic nitrogens is 2. The van der Waals surface area contributed by atoms with Gasteiger partial charge in [0.25, 0.3) is 0 Å². The fourth-order valence-electron chi connectivity index (χ4n) is 3.60. The molecule has 29 heavy (non-hydrogen) atoms. The van der Waals surface area contributed by atoms with Crippen molar-refractivity contribution in [2.75, 3.05) is 0 Å². The first-order valence-electron chi connectivity index (χ1n) is 9.36. The zero-order chi connectivity index (χ0) is 20.5. The molecule has 1 atom stereocenters. The van der Waals surface area contributed by atoms with Gasteiger partial charge in [-0.15, -0.1) is 0 Å². The van der Waals surface area contributed by atoms with Crippen LogP contribution in [0.2, 0.25) is 10.0 Å². The van der Waals surface area contributed by atoms with Crippen LogP contribution in [0.5, 0.6) is 0 Å². The van der Waals surface area contributed by atoms with Crippen LogP contribution in [0.3, 0.4) is 0 Å². The number of hydrogen-bond acceptors (Lipinski definition) is 2. The Hall–Kier alpha value is -2.53. The van der Waals surface area contributed by atoms with Crippen molar-refractivity contribution in [3.63, 3.8) is 0 Å². The molecular weight excluding hydrogens is 405 g/mol. The predicted octanol–water partition coefficient (Wildman–Crippen LogP) is 5.32. The van der Waals surface area contributed by atoms with Crippen LogP contribution in [-0.4, -0.2) is 14.2 Å². The Labute approximate surface area is 179 Å². The van der Waals surface area contributed by atoms with E-state index in [-0.39, 0.29) is 6.54 Å². The average molecular weight is 426 g/mol. The van der Waals surface area contributed by atoms with Crippen LogP contribution >= 0.6 is 23.2 Å². The summed E-state index contributed by atoms with van der Waals surface area (Å²) >= 11 is 12.1. The number of fused-ring (bicyclic) bond motifs is 1. The molecule has 4 aromatic rings. The van der Waals surface area contributed by atoms with Gasteiger partial charge in [0.2, 0.25) is 5.62 Å². The molecule has 0 radical (unpaired) electrons. The number of imidazole rings is 1. The van der Waals surface area contributed by atoms with Gasteiger partial charge in [-0.05, 0) is 47.9 Å². The Bertz CT molecular complexity index is 1240. The third kappa shape index (κ3) is 3.84. The van der Waals surface area contributed by atoms with Crippen LogP contribution < -0.4 is 5.62 Å². The fourth-order valence-corrected chi connectivity index (χ4v) is 3.90. The summed E-state index contributed by atoms with van der Waals surface area (Å²) in [6.45, 7) is 2.92. The van der Waals surface area contributed by atoms with Gasteiger partial charge in [-0.25, -0.2) is 0 Å². The van der Waals surface area contributed by atoms with Crippen LogP contribution in [0, 0.1) is 12.3 Å². The molecule has 2 N–H and O–H groups in total. The first-order chi connectivity index (χ1) is 14.0. The molecule has 6 heteroatoms. The maximum atomic E-state index is 10.8. The third-order valence-electron chi connectivity index (χ3n) is 5.25. The molecule has 0 spiro atoms. The summed E-state index contributed by atoms with van der Waals surface area (Å²) in [7, 11) is 0. The summed E-state index contributed by atoms with van der Waals surface area (Å²) in [5.41, 5.74) is 5.23. The normalized spacial score (nSPS) is 12.4. The van der Waals surface area contributed by atoms with E-state index in [0.29, 0.717) is 27.8 Å². The van der Waals surface area contributed by atoms with Crippen LogP contribution in [-0.2, 0) is 13.1 Å². The first kappa shape index (κ1) is 19.8. The minimum atomic E-state index is -0.809. The van der Waals surface area contributed by atoms with Gasteiger partial charge in [-0.2, -0.15) is 0 Å². The Morgan fingerprint density at radius 3 is 2.24 bits per heavy atom. The Kier molecular flexibility index (Phi) is 5.50. The lowest BCUT2D eigenvalue weighted by Crippen LogP contribution is -2.27. The highest BCUT2D eigenvalue weighted by molar-refractivity contribution is 6.42. The minimum absolute atomic E-state index is 0.248. The van der Waals surface area contributed by atoms with E-state index in [2.05, 4.69) is 19.1 Å². The number of aryl methyl sites for hydroxylation is 1. The molecule has 0 aliphatic heterocycles. The topological polar surface area (TPSA) is 53.9 Å². The smallest absolute Gasteiger partial charge is 0.203 e. The quantitative estimate of drug-likeness (QED) is 0.446. The van der Waals surface area contributed by atoms with Crippen LogP contribution in [0.15, 0.2) is 66.7 Å². The van der Waals surface area contributed by atoms with Gasteiger partial charge in [0.15, 0.2) is 0 Å². The van der Waals surface area contributed by atoms with Crippen molar-refractivity contribution in [1.82, 2.24) is 9.13 Å². The SMILES string of the molecule is Cc1ccccc1Cn1c(=N)n(C[C@H](O)c2ccc(Cl)c(Cl)c2)c2ccccc21.